The van der Waals surface area contributed by atoms with Gasteiger partial charge in [-0.2, -0.15) is 0 Å². The zero-order chi connectivity index (χ0) is 48.7. The van der Waals surface area contributed by atoms with E-state index in [1.165, 1.54) is 15.8 Å². The van der Waals surface area contributed by atoms with E-state index in [2.05, 4.69) is 67.8 Å². The maximum atomic E-state index is 14.0. The van der Waals surface area contributed by atoms with E-state index >= 15 is 0 Å². The summed E-state index contributed by atoms with van der Waals surface area (Å²) in [6.07, 6.45) is 7.22. The molecular formula is C52H57N11O7. The molecule has 3 N–H and O–H groups in total. The zero-order valence-electron chi connectivity index (χ0n) is 39.9. The van der Waals surface area contributed by atoms with E-state index in [-0.39, 0.29) is 53.8 Å². The average molecular weight is 948 g/mol. The van der Waals surface area contributed by atoms with E-state index in [1.54, 1.807) is 42.5 Å². The topological polar surface area (TPSA) is 199 Å². The number of aliphatic hydroxyl groups excluding tert-OH is 1. The number of aromatic nitrogens is 4. The third kappa shape index (κ3) is 7.82. The Morgan fingerprint density at radius 1 is 0.814 bits per heavy atom. The smallest absolute Gasteiger partial charge is 0.293 e. The van der Waals surface area contributed by atoms with Crippen LogP contribution in [0.15, 0.2) is 71.8 Å². The summed E-state index contributed by atoms with van der Waals surface area (Å²) in [6, 6.07) is 16.8. The first-order valence-electron chi connectivity index (χ1n) is 24.3. The van der Waals surface area contributed by atoms with E-state index in [9.17, 15) is 33.9 Å². The van der Waals surface area contributed by atoms with Crippen molar-refractivity contribution in [1.82, 2.24) is 34.2 Å². The summed E-state index contributed by atoms with van der Waals surface area (Å²) >= 11 is 0. The van der Waals surface area contributed by atoms with Crippen LogP contribution in [-0.2, 0) is 42.6 Å². The highest BCUT2D eigenvalue weighted by Crippen LogP contribution is 2.40. The molecule has 18 nitrogen and oxygen atoms in total. The molecule has 70 heavy (non-hydrogen) atoms. The van der Waals surface area contributed by atoms with Crippen molar-refractivity contribution in [2.45, 2.75) is 90.6 Å². The number of pyridine rings is 1. The molecule has 0 saturated carbocycles. The summed E-state index contributed by atoms with van der Waals surface area (Å²) in [6.45, 7) is 11.7. The molecule has 362 valence electrons. The van der Waals surface area contributed by atoms with E-state index in [0.29, 0.717) is 58.7 Å². The second-order valence-electron chi connectivity index (χ2n) is 20.4. The summed E-state index contributed by atoms with van der Waals surface area (Å²) in [5.74, 6) is -1.65. The maximum absolute atomic E-state index is 14.0. The molecule has 2 aromatic carbocycles. The normalized spacial score (nSPS) is 21.6. The number of hydrogen-bond acceptors (Lipinski definition) is 13. The van der Waals surface area contributed by atoms with Crippen molar-refractivity contribution >= 4 is 58.2 Å². The first kappa shape index (κ1) is 45.3. The molecule has 5 aliphatic heterocycles. The molecule has 3 saturated heterocycles. The van der Waals surface area contributed by atoms with Crippen molar-refractivity contribution in [2.75, 3.05) is 59.3 Å². The molecule has 3 aromatic heterocycles. The highest BCUT2D eigenvalue weighted by atomic mass is 16.3. The predicted molar refractivity (Wildman–Crippen MR) is 262 cm³/mol. The van der Waals surface area contributed by atoms with Crippen molar-refractivity contribution in [3.8, 4) is 11.3 Å². The Morgan fingerprint density at radius 3 is 2.31 bits per heavy atom. The molecule has 5 aromatic rings. The largest absolute Gasteiger partial charge is 0.392 e. The number of carbonyl (C=O) groups is 5. The van der Waals surface area contributed by atoms with Gasteiger partial charge < -0.3 is 29.4 Å². The van der Waals surface area contributed by atoms with Crippen LogP contribution in [0.1, 0.15) is 94.5 Å². The highest BCUT2D eigenvalue weighted by molar-refractivity contribution is 6.23. The van der Waals surface area contributed by atoms with Gasteiger partial charge in [-0.3, -0.25) is 48.8 Å². The monoisotopic (exact) mass is 947 g/mol. The van der Waals surface area contributed by atoms with Gasteiger partial charge in [-0.1, -0.05) is 13.8 Å². The van der Waals surface area contributed by atoms with Crippen LogP contribution in [-0.4, -0.2) is 121 Å². The minimum absolute atomic E-state index is 0.0790. The van der Waals surface area contributed by atoms with Gasteiger partial charge in [0.1, 0.15) is 17.6 Å². The average Bonchev–Trinajstić information content (AvgIpc) is 3.94. The molecule has 3 fully saturated rings. The number of hydrogen-bond donors (Lipinski definition) is 3. The number of benzene rings is 2. The molecule has 2 atom stereocenters. The van der Waals surface area contributed by atoms with Gasteiger partial charge in [0.2, 0.25) is 11.8 Å². The molecule has 0 spiro atoms. The van der Waals surface area contributed by atoms with Gasteiger partial charge in [-0.15, -0.1) is 0 Å². The van der Waals surface area contributed by atoms with Gasteiger partial charge in [-0.05, 0) is 105 Å². The SMILES string of the molecule is C[C@H]1CN(C2CCN(c3ccc4c(c3)C(=O)N(C3CCC(=O)NC3=O)C4=O)CC2)CCN1c1ccc(Nc2nc(-c3ccnc(N4CCn5c(cc6c5CC(C)(C)C6)C4=O)c3CO)cn(C)c2=O)cc1. The van der Waals surface area contributed by atoms with Gasteiger partial charge in [0.15, 0.2) is 5.82 Å². The Kier molecular flexibility index (Phi) is 11.2. The summed E-state index contributed by atoms with van der Waals surface area (Å²) in [4.78, 5) is 97.7. The Bertz CT molecular complexity index is 3060. The number of piperidine rings is 2. The number of nitrogens with zero attached hydrogens (tertiary/aromatic N) is 9. The van der Waals surface area contributed by atoms with Gasteiger partial charge >= 0.3 is 0 Å². The molecule has 1 aliphatic carbocycles. The van der Waals surface area contributed by atoms with Crippen LogP contribution in [0.2, 0.25) is 0 Å². The molecule has 0 bridgehead atoms. The minimum Gasteiger partial charge on any atom is -0.392 e. The number of aliphatic hydroxyl groups is 1. The number of piperazine rings is 1. The van der Waals surface area contributed by atoms with Crippen LogP contribution in [0.3, 0.4) is 0 Å². The lowest BCUT2D eigenvalue weighted by Crippen LogP contribution is -2.57. The third-order valence-corrected chi connectivity index (χ3v) is 15.3. The molecule has 8 heterocycles. The Morgan fingerprint density at radius 2 is 1.57 bits per heavy atom. The van der Waals surface area contributed by atoms with Crippen LogP contribution in [0, 0.1) is 5.41 Å². The number of carbonyl (C=O) groups excluding carboxylic acids is 5. The van der Waals surface area contributed by atoms with E-state index in [1.807, 2.05) is 24.3 Å². The summed E-state index contributed by atoms with van der Waals surface area (Å²) in [5, 5.41) is 16.3. The second-order valence-corrected chi connectivity index (χ2v) is 20.4. The van der Waals surface area contributed by atoms with E-state index in [4.69, 9.17) is 4.98 Å². The fourth-order valence-electron chi connectivity index (χ4n) is 11.8. The Balaban J connectivity index is 0.718. The summed E-state index contributed by atoms with van der Waals surface area (Å²) in [7, 11) is 1.67. The van der Waals surface area contributed by atoms with Crippen LogP contribution >= 0.6 is 0 Å². The van der Waals surface area contributed by atoms with E-state index in [0.717, 1.165) is 74.7 Å². The van der Waals surface area contributed by atoms with E-state index < -0.39 is 29.7 Å². The molecule has 5 amide bonds. The van der Waals surface area contributed by atoms with Crippen molar-refractivity contribution < 1.29 is 29.1 Å². The first-order chi connectivity index (χ1) is 33.7. The molecule has 6 aliphatic rings. The third-order valence-electron chi connectivity index (χ3n) is 15.3. The van der Waals surface area contributed by atoms with Crippen LogP contribution in [0.4, 0.5) is 28.7 Å². The zero-order valence-corrected chi connectivity index (χ0v) is 39.9. The lowest BCUT2D eigenvalue weighted by Gasteiger charge is -2.46. The lowest BCUT2D eigenvalue weighted by molar-refractivity contribution is -0.136. The fraction of sp³-hybridized carbons (Fsp3) is 0.423. The molecular weight excluding hydrogens is 891 g/mol. The van der Waals surface area contributed by atoms with Gasteiger partial charge in [0.25, 0.3) is 23.3 Å². The van der Waals surface area contributed by atoms with Crippen molar-refractivity contribution in [1.29, 1.82) is 0 Å². The van der Waals surface area contributed by atoms with Crippen molar-refractivity contribution in [3.05, 3.63) is 111 Å². The van der Waals surface area contributed by atoms with Crippen LogP contribution in [0.5, 0.6) is 0 Å². The first-order valence-corrected chi connectivity index (χ1v) is 24.3. The summed E-state index contributed by atoms with van der Waals surface area (Å²) < 4.78 is 3.62. The number of imide groups is 2. The number of nitrogens with one attached hydrogen (secondary N) is 2. The predicted octanol–water partition coefficient (Wildman–Crippen LogP) is 4.25. The Hall–Kier alpha value is -7.18. The van der Waals surface area contributed by atoms with Crippen molar-refractivity contribution in [3.63, 3.8) is 0 Å². The van der Waals surface area contributed by atoms with Crippen LogP contribution < -0.4 is 30.9 Å². The molecule has 1 unspecified atom stereocenters. The highest BCUT2D eigenvalue weighted by Gasteiger charge is 2.45. The van der Waals surface area contributed by atoms with Crippen molar-refractivity contribution in [2.24, 2.45) is 12.5 Å². The number of amides is 5. The quantitative estimate of drug-likeness (QED) is 0.178. The number of rotatable bonds is 9. The fourth-order valence-corrected chi connectivity index (χ4v) is 11.8. The Labute approximate surface area is 404 Å². The van der Waals surface area contributed by atoms with Gasteiger partial charge in [0.05, 0.1) is 23.4 Å². The minimum atomic E-state index is -0.992. The van der Waals surface area contributed by atoms with Crippen LogP contribution in [0.25, 0.3) is 11.3 Å². The number of fused-ring (bicyclic) bond motifs is 4. The standard InChI is InChI=1S/C52H57N11O7/c1-30-27-59(33-14-17-58(18-15-33)35-9-10-37-38(24-35)49(68)63(48(37)67)41-11-12-44(65)56-47(41)66)19-20-60(30)34-7-5-32(6-8-34)54-45-51(70)57(4)28-40(55-45)36-13-16-53-46(39(36)29-64)62-22-21-61-42(50(62)69)23-31-25-52(2,3)26-43(31)61/h5-10,13,16,23-24,28,30,33,41,64H,11-12,14-15,17-22,25-27,29H2,1-4H3,(H,54,55)(H,56,65,66)/t30-,41?/m0/s1. The second kappa shape index (κ2) is 17.3. The number of anilines is 5. The molecule has 11 rings (SSSR count). The van der Waals surface area contributed by atoms with Gasteiger partial charge in [0, 0.05) is 118 Å². The molecule has 0 radical (unpaired) electrons. The van der Waals surface area contributed by atoms with Gasteiger partial charge in [-0.25, -0.2) is 9.97 Å². The number of aryl methyl sites for hydroxylation is 1. The maximum Gasteiger partial charge on any atom is 0.293 e. The summed E-state index contributed by atoms with van der Waals surface area (Å²) in [5.41, 5.74) is 7.68. The lowest BCUT2D eigenvalue weighted by atomic mass is 9.90. The molecule has 18 heteroatoms.